The summed E-state index contributed by atoms with van der Waals surface area (Å²) in [5.41, 5.74) is 1.98. The van der Waals surface area contributed by atoms with Crippen LogP contribution < -0.4 is 15.4 Å². The van der Waals surface area contributed by atoms with E-state index in [1.54, 1.807) is 50.2 Å². The maximum atomic E-state index is 12.6. The summed E-state index contributed by atoms with van der Waals surface area (Å²) < 4.78 is 27.7. The van der Waals surface area contributed by atoms with Crippen molar-refractivity contribution in [3.8, 4) is 0 Å². The first-order valence-corrected chi connectivity index (χ1v) is 11.8. The molecule has 0 radical (unpaired) electrons. The third kappa shape index (κ3) is 5.93. The van der Waals surface area contributed by atoms with Crippen molar-refractivity contribution < 1.29 is 18.0 Å². The molecule has 0 saturated carbocycles. The van der Waals surface area contributed by atoms with Crippen molar-refractivity contribution in [2.45, 2.75) is 32.1 Å². The van der Waals surface area contributed by atoms with Gasteiger partial charge in [0.2, 0.25) is 21.8 Å². The standard InChI is InChI=1S/C24H27N3O4S/c1-16(2)24(29)26-20-10-8-17(3)22(15-20)27-23(28)12-13-25-32(30,31)21-11-9-18-6-4-5-7-19(18)14-21/h4-11,14-16,25H,12-13H2,1-3H3,(H,26,29)(H,27,28). The van der Waals surface area contributed by atoms with Gasteiger partial charge >= 0.3 is 0 Å². The van der Waals surface area contributed by atoms with Crippen LogP contribution in [0.15, 0.2) is 65.6 Å². The van der Waals surface area contributed by atoms with Gasteiger partial charge in [0.15, 0.2) is 0 Å². The van der Waals surface area contributed by atoms with Crippen LogP contribution in [0.5, 0.6) is 0 Å². The lowest BCUT2D eigenvalue weighted by molar-refractivity contribution is -0.119. The molecule has 0 aliphatic heterocycles. The van der Waals surface area contributed by atoms with E-state index in [0.29, 0.717) is 11.4 Å². The van der Waals surface area contributed by atoms with Crippen molar-refractivity contribution in [2.75, 3.05) is 17.2 Å². The number of carbonyl (C=O) groups excluding carboxylic acids is 2. The molecule has 0 spiro atoms. The summed E-state index contributed by atoms with van der Waals surface area (Å²) in [4.78, 5) is 24.4. The van der Waals surface area contributed by atoms with Gasteiger partial charge in [0, 0.05) is 30.3 Å². The molecule has 0 aromatic heterocycles. The van der Waals surface area contributed by atoms with E-state index in [0.717, 1.165) is 16.3 Å². The summed E-state index contributed by atoms with van der Waals surface area (Å²) in [6.45, 7) is 5.40. The van der Waals surface area contributed by atoms with Crippen LogP contribution in [0.25, 0.3) is 10.8 Å². The van der Waals surface area contributed by atoms with Gasteiger partial charge < -0.3 is 10.6 Å². The zero-order valence-electron chi connectivity index (χ0n) is 18.3. The molecule has 168 valence electrons. The zero-order chi connectivity index (χ0) is 23.3. The first-order chi connectivity index (χ1) is 15.2. The lowest BCUT2D eigenvalue weighted by Gasteiger charge is -2.13. The molecule has 0 fully saturated rings. The Balaban J connectivity index is 1.59. The van der Waals surface area contributed by atoms with Crippen molar-refractivity contribution in [2.24, 2.45) is 5.92 Å². The fourth-order valence-electron chi connectivity index (χ4n) is 3.05. The second-order valence-corrected chi connectivity index (χ2v) is 9.65. The number of aryl methyl sites for hydroxylation is 1. The highest BCUT2D eigenvalue weighted by Gasteiger charge is 2.15. The Kier molecular flexibility index (Phi) is 7.27. The summed E-state index contributed by atoms with van der Waals surface area (Å²) in [5.74, 6) is -0.610. The van der Waals surface area contributed by atoms with Gasteiger partial charge in [-0.2, -0.15) is 0 Å². The quantitative estimate of drug-likeness (QED) is 0.479. The first-order valence-electron chi connectivity index (χ1n) is 10.4. The second kappa shape index (κ2) is 9.93. The van der Waals surface area contributed by atoms with E-state index in [9.17, 15) is 18.0 Å². The topological polar surface area (TPSA) is 104 Å². The van der Waals surface area contributed by atoms with Gasteiger partial charge in [0.1, 0.15) is 0 Å². The second-order valence-electron chi connectivity index (χ2n) is 7.88. The Bertz CT molecular complexity index is 1250. The fraction of sp³-hybridized carbons (Fsp3) is 0.250. The molecule has 0 unspecified atom stereocenters. The highest BCUT2D eigenvalue weighted by molar-refractivity contribution is 7.89. The number of rotatable bonds is 8. The van der Waals surface area contributed by atoms with Crippen LogP contribution >= 0.6 is 0 Å². The molecular formula is C24H27N3O4S. The highest BCUT2D eigenvalue weighted by Crippen LogP contribution is 2.21. The van der Waals surface area contributed by atoms with Crippen LogP contribution in [0.2, 0.25) is 0 Å². The summed E-state index contributed by atoms with van der Waals surface area (Å²) >= 11 is 0. The van der Waals surface area contributed by atoms with E-state index in [1.165, 1.54) is 0 Å². The van der Waals surface area contributed by atoms with Crippen LogP contribution in [-0.2, 0) is 19.6 Å². The molecule has 0 heterocycles. The van der Waals surface area contributed by atoms with Gasteiger partial charge in [-0.05, 0) is 47.5 Å². The minimum absolute atomic E-state index is 0.0329. The van der Waals surface area contributed by atoms with E-state index in [2.05, 4.69) is 15.4 Å². The molecule has 3 aromatic carbocycles. The molecule has 3 aromatic rings. The maximum Gasteiger partial charge on any atom is 0.240 e. The van der Waals surface area contributed by atoms with Gasteiger partial charge in [-0.15, -0.1) is 0 Å². The lowest BCUT2D eigenvalue weighted by Crippen LogP contribution is -2.28. The number of fused-ring (bicyclic) bond motifs is 1. The van der Waals surface area contributed by atoms with Gasteiger partial charge in [-0.3, -0.25) is 9.59 Å². The Hall–Kier alpha value is -3.23. The third-order valence-corrected chi connectivity index (χ3v) is 6.44. The average Bonchev–Trinajstić information content (AvgIpc) is 2.75. The SMILES string of the molecule is Cc1ccc(NC(=O)C(C)C)cc1NC(=O)CCNS(=O)(=O)c1ccc2ccccc2c1. The molecule has 32 heavy (non-hydrogen) atoms. The zero-order valence-corrected chi connectivity index (χ0v) is 19.1. The van der Waals surface area contributed by atoms with E-state index in [4.69, 9.17) is 0 Å². The number of anilines is 2. The Labute approximate surface area is 188 Å². The number of hydrogen-bond acceptors (Lipinski definition) is 4. The molecule has 3 rings (SSSR count). The van der Waals surface area contributed by atoms with Crippen LogP contribution in [0.3, 0.4) is 0 Å². The van der Waals surface area contributed by atoms with Gasteiger partial charge in [0.25, 0.3) is 0 Å². The molecule has 7 nitrogen and oxygen atoms in total. The van der Waals surface area contributed by atoms with Crippen molar-refractivity contribution in [3.05, 3.63) is 66.2 Å². The number of carbonyl (C=O) groups is 2. The molecule has 0 atom stereocenters. The van der Waals surface area contributed by atoms with Crippen LogP contribution in [-0.4, -0.2) is 26.8 Å². The van der Waals surface area contributed by atoms with E-state index in [1.807, 2.05) is 31.2 Å². The number of benzene rings is 3. The number of amides is 2. The van der Waals surface area contributed by atoms with Gasteiger partial charge in [-0.25, -0.2) is 13.1 Å². The fourth-order valence-corrected chi connectivity index (χ4v) is 4.12. The Morgan fingerprint density at radius 1 is 0.906 bits per heavy atom. The Morgan fingerprint density at radius 3 is 2.34 bits per heavy atom. The lowest BCUT2D eigenvalue weighted by atomic mass is 10.1. The largest absolute Gasteiger partial charge is 0.326 e. The monoisotopic (exact) mass is 453 g/mol. The summed E-state index contributed by atoms with van der Waals surface area (Å²) in [5, 5.41) is 7.35. The predicted octanol–water partition coefficient (Wildman–Crippen LogP) is 4.05. The molecule has 0 aliphatic rings. The normalized spacial score (nSPS) is 11.5. The minimum Gasteiger partial charge on any atom is -0.326 e. The maximum absolute atomic E-state index is 12.6. The molecule has 0 saturated heterocycles. The summed E-state index contributed by atoms with van der Waals surface area (Å²) in [7, 11) is -3.73. The minimum atomic E-state index is -3.73. The van der Waals surface area contributed by atoms with E-state index >= 15 is 0 Å². The molecule has 8 heteroatoms. The number of nitrogens with one attached hydrogen (secondary N) is 3. The molecule has 2 amide bonds. The van der Waals surface area contributed by atoms with E-state index in [-0.39, 0.29) is 35.6 Å². The summed E-state index contributed by atoms with van der Waals surface area (Å²) in [6.07, 6.45) is -0.0329. The molecule has 0 bridgehead atoms. The number of sulfonamides is 1. The highest BCUT2D eigenvalue weighted by atomic mass is 32.2. The van der Waals surface area contributed by atoms with Crippen molar-refractivity contribution in [1.29, 1.82) is 0 Å². The van der Waals surface area contributed by atoms with Crippen molar-refractivity contribution in [1.82, 2.24) is 4.72 Å². The number of hydrogen-bond donors (Lipinski definition) is 3. The molecular weight excluding hydrogens is 426 g/mol. The van der Waals surface area contributed by atoms with E-state index < -0.39 is 10.0 Å². The molecule has 0 aliphatic carbocycles. The van der Waals surface area contributed by atoms with Crippen molar-refractivity contribution in [3.63, 3.8) is 0 Å². The van der Waals surface area contributed by atoms with Crippen LogP contribution in [0, 0.1) is 12.8 Å². The molecule has 3 N–H and O–H groups in total. The average molecular weight is 454 g/mol. The Morgan fingerprint density at radius 2 is 1.62 bits per heavy atom. The van der Waals surface area contributed by atoms with Crippen LogP contribution in [0.1, 0.15) is 25.8 Å². The third-order valence-electron chi connectivity index (χ3n) is 4.98. The van der Waals surface area contributed by atoms with Gasteiger partial charge in [-0.1, -0.05) is 50.2 Å². The smallest absolute Gasteiger partial charge is 0.240 e. The predicted molar refractivity (Wildman–Crippen MR) is 127 cm³/mol. The van der Waals surface area contributed by atoms with Crippen LogP contribution in [0.4, 0.5) is 11.4 Å². The summed E-state index contributed by atoms with van der Waals surface area (Å²) in [6, 6.07) is 17.7. The van der Waals surface area contributed by atoms with Crippen molar-refractivity contribution >= 4 is 44.0 Å². The first kappa shape index (κ1) is 23.4. The van der Waals surface area contributed by atoms with Gasteiger partial charge in [0.05, 0.1) is 4.90 Å².